The number of hydrogen-bond donors (Lipinski definition) is 1. The van der Waals surface area contributed by atoms with Gasteiger partial charge in [0, 0.05) is 18.5 Å². The van der Waals surface area contributed by atoms with E-state index >= 15 is 0 Å². The summed E-state index contributed by atoms with van der Waals surface area (Å²) in [4.78, 5) is 3.61. The Bertz CT molecular complexity index is 497. The highest BCUT2D eigenvalue weighted by Crippen LogP contribution is 2.28. The van der Waals surface area contributed by atoms with E-state index in [1.54, 1.807) is 0 Å². The van der Waals surface area contributed by atoms with E-state index < -0.39 is 27.6 Å². The summed E-state index contributed by atoms with van der Waals surface area (Å²) in [6, 6.07) is 1.35. The molecule has 0 saturated carbocycles. The molecule has 1 aromatic rings. The third kappa shape index (κ3) is 4.61. The summed E-state index contributed by atoms with van der Waals surface area (Å²) in [5.74, 6) is -0.128. The smallest absolute Gasteiger partial charge is 0.323 e. The van der Waals surface area contributed by atoms with E-state index in [9.17, 15) is 21.6 Å². The van der Waals surface area contributed by atoms with Crippen molar-refractivity contribution in [1.29, 1.82) is 0 Å². The van der Waals surface area contributed by atoms with Crippen molar-refractivity contribution in [2.24, 2.45) is 5.73 Å². The zero-order valence-corrected chi connectivity index (χ0v) is 10.4. The van der Waals surface area contributed by atoms with Gasteiger partial charge in [-0.25, -0.2) is 8.42 Å². The molecular formula is C10H13F3N2O2S. The lowest BCUT2D eigenvalue weighted by Gasteiger charge is -2.12. The Morgan fingerprint density at radius 3 is 2.39 bits per heavy atom. The highest BCUT2D eigenvalue weighted by Gasteiger charge is 2.30. The van der Waals surface area contributed by atoms with E-state index in [0.717, 1.165) is 18.4 Å². The summed E-state index contributed by atoms with van der Waals surface area (Å²) in [6.07, 6.45) is -2.56. The summed E-state index contributed by atoms with van der Waals surface area (Å²) in [5, 5.41) is 0. The molecule has 102 valence electrons. The molecule has 0 amide bonds. The normalized spacial score (nSPS) is 14.5. The van der Waals surface area contributed by atoms with Crippen molar-refractivity contribution in [3.63, 3.8) is 0 Å². The Balaban J connectivity index is 2.74. The van der Waals surface area contributed by atoms with Crippen LogP contribution >= 0.6 is 0 Å². The Hall–Kier alpha value is -1.15. The summed E-state index contributed by atoms with van der Waals surface area (Å²) in [6.45, 7) is 0. The van der Waals surface area contributed by atoms with E-state index in [1.807, 2.05) is 0 Å². The first kappa shape index (κ1) is 14.9. The second-order valence-corrected chi connectivity index (χ2v) is 6.25. The Kier molecular flexibility index (Phi) is 4.33. The predicted octanol–water partition coefficient (Wildman–Crippen LogP) is 1.53. The fourth-order valence-electron chi connectivity index (χ4n) is 1.28. The minimum atomic E-state index is -4.44. The lowest BCUT2D eigenvalue weighted by Crippen LogP contribution is -2.17. The van der Waals surface area contributed by atoms with Crippen LogP contribution in [0, 0.1) is 0 Å². The van der Waals surface area contributed by atoms with E-state index in [1.165, 1.54) is 0 Å². The van der Waals surface area contributed by atoms with Crippen LogP contribution in [0.2, 0.25) is 0 Å². The van der Waals surface area contributed by atoms with Crippen molar-refractivity contribution in [2.75, 3.05) is 12.0 Å². The SMILES string of the molecule is CS(=O)(=O)CCC(N)c1ccc(C(F)(F)F)cn1. The lowest BCUT2D eigenvalue weighted by atomic mass is 10.1. The molecule has 1 rings (SSSR count). The third-order valence-electron chi connectivity index (χ3n) is 2.29. The molecule has 1 atom stereocenters. The minimum Gasteiger partial charge on any atom is -0.323 e. The zero-order valence-electron chi connectivity index (χ0n) is 9.61. The van der Waals surface area contributed by atoms with Gasteiger partial charge in [0.15, 0.2) is 0 Å². The molecule has 1 heterocycles. The van der Waals surface area contributed by atoms with Crippen LogP contribution < -0.4 is 5.73 Å². The first-order valence-corrected chi connectivity index (χ1v) is 7.12. The van der Waals surface area contributed by atoms with E-state index in [0.29, 0.717) is 6.20 Å². The maximum absolute atomic E-state index is 12.3. The van der Waals surface area contributed by atoms with E-state index in [4.69, 9.17) is 5.73 Å². The molecule has 0 aromatic carbocycles. The van der Waals surface area contributed by atoms with Crippen LogP contribution in [0.5, 0.6) is 0 Å². The number of sulfone groups is 1. The maximum Gasteiger partial charge on any atom is 0.417 e. The fourth-order valence-corrected chi connectivity index (χ4v) is 1.96. The summed E-state index contributed by atoms with van der Waals surface area (Å²) < 4.78 is 58.7. The first-order valence-electron chi connectivity index (χ1n) is 5.06. The molecule has 0 aliphatic heterocycles. The average molecular weight is 282 g/mol. The number of hydrogen-bond acceptors (Lipinski definition) is 4. The standard InChI is InChI=1S/C10H13F3N2O2S/c1-18(16,17)5-4-8(14)9-3-2-7(6-15-9)10(11,12)13/h2-3,6,8H,4-5,14H2,1H3. The number of alkyl halides is 3. The predicted molar refractivity (Wildman–Crippen MR) is 60.5 cm³/mol. The van der Waals surface area contributed by atoms with Gasteiger partial charge in [-0.05, 0) is 18.6 Å². The van der Waals surface area contributed by atoms with Crippen LogP contribution in [0.4, 0.5) is 13.2 Å². The Morgan fingerprint density at radius 1 is 1.39 bits per heavy atom. The van der Waals surface area contributed by atoms with Crippen molar-refractivity contribution < 1.29 is 21.6 Å². The van der Waals surface area contributed by atoms with Gasteiger partial charge in [0.25, 0.3) is 0 Å². The van der Waals surface area contributed by atoms with Crippen molar-refractivity contribution in [1.82, 2.24) is 4.98 Å². The van der Waals surface area contributed by atoms with Gasteiger partial charge < -0.3 is 5.73 Å². The van der Waals surface area contributed by atoms with Gasteiger partial charge in [0.1, 0.15) is 9.84 Å². The van der Waals surface area contributed by atoms with Crippen molar-refractivity contribution in [3.05, 3.63) is 29.6 Å². The monoisotopic (exact) mass is 282 g/mol. The molecule has 0 aliphatic carbocycles. The number of rotatable bonds is 4. The largest absolute Gasteiger partial charge is 0.417 e. The van der Waals surface area contributed by atoms with Gasteiger partial charge >= 0.3 is 6.18 Å². The van der Waals surface area contributed by atoms with E-state index in [2.05, 4.69) is 4.98 Å². The van der Waals surface area contributed by atoms with Crippen LogP contribution in [-0.2, 0) is 16.0 Å². The molecule has 0 bridgehead atoms. The van der Waals surface area contributed by atoms with Gasteiger partial charge in [-0.3, -0.25) is 4.98 Å². The average Bonchev–Trinajstić information content (AvgIpc) is 2.24. The summed E-state index contributed by atoms with van der Waals surface area (Å²) >= 11 is 0. The molecule has 8 heteroatoms. The van der Waals surface area contributed by atoms with Crippen molar-refractivity contribution in [2.45, 2.75) is 18.6 Å². The van der Waals surface area contributed by atoms with Crippen LogP contribution in [0.25, 0.3) is 0 Å². The van der Waals surface area contributed by atoms with Crippen molar-refractivity contribution >= 4 is 9.84 Å². The molecule has 4 nitrogen and oxygen atoms in total. The number of aromatic nitrogens is 1. The molecule has 0 saturated heterocycles. The Morgan fingerprint density at radius 2 is 2.00 bits per heavy atom. The molecule has 0 fully saturated rings. The molecule has 0 aliphatic rings. The van der Waals surface area contributed by atoms with Crippen molar-refractivity contribution in [3.8, 4) is 0 Å². The maximum atomic E-state index is 12.3. The lowest BCUT2D eigenvalue weighted by molar-refractivity contribution is -0.137. The molecule has 1 aromatic heterocycles. The second-order valence-electron chi connectivity index (χ2n) is 3.99. The van der Waals surface area contributed by atoms with Crippen LogP contribution in [0.1, 0.15) is 23.7 Å². The van der Waals surface area contributed by atoms with Gasteiger partial charge in [0.2, 0.25) is 0 Å². The van der Waals surface area contributed by atoms with Crippen LogP contribution in [-0.4, -0.2) is 25.4 Å². The molecular weight excluding hydrogens is 269 g/mol. The third-order valence-corrected chi connectivity index (χ3v) is 3.27. The molecule has 0 spiro atoms. The molecule has 18 heavy (non-hydrogen) atoms. The van der Waals surface area contributed by atoms with Crippen LogP contribution in [0.15, 0.2) is 18.3 Å². The topological polar surface area (TPSA) is 73.0 Å². The second kappa shape index (κ2) is 5.23. The molecule has 1 unspecified atom stereocenters. The summed E-state index contributed by atoms with van der Waals surface area (Å²) in [7, 11) is -3.15. The minimum absolute atomic E-state index is 0.122. The first-order chi connectivity index (χ1) is 8.09. The highest BCUT2D eigenvalue weighted by molar-refractivity contribution is 7.90. The quantitative estimate of drug-likeness (QED) is 0.909. The number of halogens is 3. The molecule has 2 N–H and O–H groups in total. The van der Waals surface area contributed by atoms with Gasteiger partial charge in [-0.1, -0.05) is 0 Å². The summed E-state index contributed by atoms with van der Waals surface area (Å²) in [5.41, 5.74) is 5.04. The van der Waals surface area contributed by atoms with Gasteiger partial charge in [0.05, 0.1) is 17.0 Å². The molecule has 0 radical (unpaired) electrons. The van der Waals surface area contributed by atoms with Gasteiger partial charge in [-0.15, -0.1) is 0 Å². The number of pyridine rings is 1. The van der Waals surface area contributed by atoms with Gasteiger partial charge in [-0.2, -0.15) is 13.2 Å². The highest BCUT2D eigenvalue weighted by atomic mass is 32.2. The number of nitrogens with two attached hydrogens (primary N) is 1. The number of nitrogens with zero attached hydrogens (tertiary/aromatic N) is 1. The van der Waals surface area contributed by atoms with Crippen LogP contribution in [0.3, 0.4) is 0 Å². The zero-order chi connectivity index (χ0) is 14.0. The Labute approximate surface area is 103 Å². The fraction of sp³-hybridized carbons (Fsp3) is 0.500. The van der Waals surface area contributed by atoms with E-state index in [-0.39, 0.29) is 17.9 Å².